The Morgan fingerprint density at radius 2 is 2.18 bits per heavy atom. The summed E-state index contributed by atoms with van der Waals surface area (Å²) in [6, 6.07) is 5.43. The van der Waals surface area contributed by atoms with E-state index in [1.54, 1.807) is 18.2 Å². The third-order valence-corrected chi connectivity index (χ3v) is 4.61. The molecule has 2 fully saturated rings. The van der Waals surface area contributed by atoms with Crippen LogP contribution < -0.4 is 9.47 Å². The summed E-state index contributed by atoms with van der Waals surface area (Å²) in [5.74, 6) is 1.59. The molecule has 3 atom stereocenters. The van der Waals surface area contributed by atoms with Gasteiger partial charge < -0.3 is 23.8 Å². The highest BCUT2D eigenvalue weighted by molar-refractivity contribution is 5.95. The van der Waals surface area contributed by atoms with Gasteiger partial charge in [-0.05, 0) is 25.1 Å². The number of carbonyl (C=O) groups excluding carboxylic acids is 1. The number of amides is 1. The summed E-state index contributed by atoms with van der Waals surface area (Å²) in [7, 11) is 0. The highest BCUT2D eigenvalue weighted by Gasteiger charge is 2.48. The van der Waals surface area contributed by atoms with Gasteiger partial charge in [0.05, 0.1) is 25.4 Å². The topological polar surface area (TPSA) is 57.2 Å². The van der Waals surface area contributed by atoms with Crippen LogP contribution in [0, 0.1) is 5.92 Å². The number of likely N-dealkylation sites (tertiary alicyclic amines) is 1. The van der Waals surface area contributed by atoms with Crippen molar-refractivity contribution in [2.45, 2.75) is 19.1 Å². The van der Waals surface area contributed by atoms with Gasteiger partial charge in [0, 0.05) is 24.6 Å². The second-order valence-corrected chi connectivity index (χ2v) is 5.79. The summed E-state index contributed by atoms with van der Waals surface area (Å²) in [5.41, 5.74) is 0.618. The van der Waals surface area contributed by atoms with Gasteiger partial charge in [-0.2, -0.15) is 0 Å². The Balaban J connectivity index is 1.57. The van der Waals surface area contributed by atoms with E-state index >= 15 is 0 Å². The summed E-state index contributed by atoms with van der Waals surface area (Å²) in [5, 5.41) is 0. The van der Waals surface area contributed by atoms with E-state index < -0.39 is 0 Å². The number of hydrogen-bond donors (Lipinski definition) is 0. The molecule has 3 aliphatic rings. The summed E-state index contributed by atoms with van der Waals surface area (Å²) >= 11 is 0. The van der Waals surface area contributed by atoms with Crippen LogP contribution in [0.25, 0.3) is 0 Å². The fourth-order valence-corrected chi connectivity index (χ4v) is 3.52. The maximum absolute atomic E-state index is 12.9. The minimum atomic E-state index is 0.000929. The molecule has 6 heteroatoms. The smallest absolute Gasteiger partial charge is 0.254 e. The van der Waals surface area contributed by atoms with Crippen LogP contribution in [0.2, 0.25) is 0 Å². The zero-order valence-corrected chi connectivity index (χ0v) is 12.5. The molecule has 4 rings (SSSR count). The van der Waals surface area contributed by atoms with Gasteiger partial charge in [0.1, 0.15) is 0 Å². The van der Waals surface area contributed by atoms with E-state index in [0.29, 0.717) is 43.4 Å². The van der Waals surface area contributed by atoms with E-state index in [1.807, 2.05) is 11.8 Å². The fourth-order valence-electron chi connectivity index (χ4n) is 3.52. The first-order valence-electron chi connectivity index (χ1n) is 7.68. The Labute approximate surface area is 128 Å². The number of carbonyl (C=O) groups is 1. The van der Waals surface area contributed by atoms with Gasteiger partial charge in [0.2, 0.25) is 6.79 Å². The molecule has 3 heterocycles. The van der Waals surface area contributed by atoms with E-state index in [0.717, 1.165) is 0 Å². The predicted molar refractivity (Wildman–Crippen MR) is 77.1 cm³/mol. The Morgan fingerprint density at radius 1 is 1.32 bits per heavy atom. The molecule has 1 aromatic rings. The van der Waals surface area contributed by atoms with Gasteiger partial charge in [-0.3, -0.25) is 4.79 Å². The normalized spacial score (nSPS) is 29.0. The molecule has 0 spiro atoms. The second kappa shape index (κ2) is 5.44. The van der Waals surface area contributed by atoms with E-state index in [1.165, 1.54) is 0 Å². The number of benzene rings is 1. The monoisotopic (exact) mass is 305 g/mol. The molecular formula is C16H19NO5. The van der Waals surface area contributed by atoms with Gasteiger partial charge in [-0.25, -0.2) is 0 Å². The minimum Gasteiger partial charge on any atom is -0.454 e. The third kappa shape index (κ3) is 2.14. The first-order valence-corrected chi connectivity index (χ1v) is 7.68. The van der Waals surface area contributed by atoms with Crippen LogP contribution in [-0.2, 0) is 9.47 Å². The maximum Gasteiger partial charge on any atom is 0.254 e. The molecule has 0 aliphatic carbocycles. The Kier molecular flexibility index (Phi) is 3.43. The molecule has 0 aromatic heterocycles. The van der Waals surface area contributed by atoms with Crippen molar-refractivity contribution in [1.29, 1.82) is 0 Å². The number of ether oxygens (including phenoxy) is 4. The summed E-state index contributed by atoms with van der Waals surface area (Å²) in [4.78, 5) is 14.7. The zero-order valence-electron chi connectivity index (χ0n) is 12.5. The first-order chi connectivity index (χ1) is 10.8. The van der Waals surface area contributed by atoms with Gasteiger partial charge >= 0.3 is 0 Å². The molecule has 6 nitrogen and oxygen atoms in total. The van der Waals surface area contributed by atoms with Crippen LogP contribution >= 0.6 is 0 Å². The summed E-state index contributed by atoms with van der Waals surface area (Å²) in [6.07, 6.45) is 0.0652. The average molecular weight is 305 g/mol. The first kappa shape index (κ1) is 13.8. The molecule has 1 amide bonds. The minimum absolute atomic E-state index is 0.000929. The Hall–Kier alpha value is -1.79. The molecule has 22 heavy (non-hydrogen) atoms. The van der Waals surface area contributed by atoms with Gasteiger partial charge in [-0.1, -0.05) is 0 Å². The van der Waals surface area contributed by atoms with E-state index in [4.69, 9.17) is 18.9 Å². The van der Waals surface area contributed by atoms with Crippen LogP contribution in [0.15, 0.2) is 18.2 Å². The van der Waals surface area contributed by atoms with Gasteiger partial charge in [0.15, 0.2) is 11.5 Å². The fraction of sp³-hybridized carbons (Fsp3) is 0.562. The lowest BCUT2D eigenvalue weighted by molar-refractivity contribution is 0.0257. The van der Waals surface area contributed by atoms with E-state index in [9.17, 15) is 4.79 Å². The number of hydrogen-bond acceptors (Lipinski definition) is 5. The molecular weight excluding hydrogens is 286 g/mol. The molecule has 0 bridgehead atoms. The highest BCUT2D eigenvalue weighted by atomic mass is 16.7. The van der Waals surface area contributed by atoms with E-state index in [-0.39, 0.29) is 30.8 Å². The number of rotatable bonds is 3. The largest absolute Gasteiger partial charge is 0.454 e. The maximum atomic E-state index is 12.9. The molecule has 0 unspecified atom stereocenters. The van der Waals surface area contributed by atoms with Gasteiger partial charge in [0.25, 0.3) is 5.91 Å². The second-order valence-electron chi connectivity index (χ2n) is 5.79. The van der Waals surface area contributed by atoms with Crippen molar-refractivity contribution in [2.75, 3.05) is 33.2 Å². The highest BCUT2D eigenvalue weighted by Crippen LogP contribution is 2.36. The standard InChI is InChI=1S/C16H19NO5/c1-2-20-15-6-17(12-8-19-7-11(12)15)16(18)10-3-4-13-14(5-10)22-9-21-13/h3-5,11-12,15H,2,6-9H2,1H3/t11-,12+,15-/m0/s1. The van der Waals surface area contributed by atoms with Crippen LogP contribution in [0.1, 0.15) is 17.3 Å². The molecule has 1 aromatic carbocycles. The van der Waals surface area contributed by atoms with Crippen molar-refractivity contribution in [3.8, 4) is 11.5 Å². The SMILES string of the molecule is CCO[C@H]1CN(C(=O)c2ccc3c(c2)OCO3)[C@@H]2COC[C@H]12. The molecule has 3 aliphatic heterocycles. The lowest BCUT2D eigenvalue weighted by Crippen LogP contribution is -2.38. The molecule has 2 saturated heterocycles. The Morgan fingerprint density at radius 3 is 3.05 bits per heavy atom. The molecule has 118 valence electrons. The third-order valence-electron chi connectivity index (χ3n) is 4.61. The predicted octanol–water partition coefficient (Wildman–Crippen LogP) is 1.29. The van der Waals surface area contributed by atoms with E-state index in [2.05, 4.69) is 0 Å². The zero-order chi connectivity index (χ0) is 15.1. The summed E-state index contributed by atoms with van der Waals surface area (Å²) < 4.78 is 22.0. The van der Waals surface area contributed by atoms with Crippen LogP contribution in [0.5, 0.6) is 11.5 Å². The lowest BCUT2D eigenvalue weighted by Gasteiger charge is -2.22. The average Bonchev–Trinajstić information content (AvgIpc) is 3.23. The van der Waals surface area contributed by atoms with Crippen LogP contribution in [0.3, 0.4) is 0 Å². The Bertz CT molecular complexity index is 590. The van der Waals surface area contributed by atoms with Crippen molar-refractivity contribution in [1.82, 2.24) is 4.90 Å². The molecule has 0 radical (unpaired) electrons. The van der Waals surface area contributed by atoms with Crippen LogP contribution in [-0.4, -0.2) is 56.1 Å². The quantitative estimate of drug-likeness (QED) is 0.842. The van der Waals surface area contributed by atoms with Crippen molar-refractivity contribution >= 4 is 5.91 Å². The number of fused-ring (bicyclic) bond motifs is 2. The van der Waals surface area contributed by atoms with Gasteiger partial charge in [-0.15, -0.1) is 0 Å². The lowest BCUT2D eigenvalue weighted by atomic mass is 10.0. The molecule has 0 saturated carbocycles. The van der Waals surface area contributed by atoms with Crippen molar-refractivity contribution in [2.24, 2.45) is 5.92 Å². The van der Waals surface area contributed by atoms with Crippen LogP contribution in [0.4, 0.5) is 0 Å². The number of nitrogens with zero attached hydrogens (tertiary/aromatic N) is 1. The molecule has 0 N–H and O–H groups in total. The van der Waals surface area contributed by atoms with Crippen molar-refractivity contribution in [3.63, 3.8) is 0 Å². The van der Waals surface area contributed by atoms with Crippen molar-refractivity contribution in [3.05, 3.63) is 23.8 Å². The summed E-state index contributed by atoms with van der Waals surface area (Å²) in [6.45, 7) is 4.72. The van der Waals surface area contributed by atoms with Crippen molar-refractivity contribution < 1.29 is 23.7 Å².